The Morgan fingerprint density at radius 3 is 1.26 bits per heavy atom. The van der Waals surface area contributed by atoms with Crippen LogP contribution in [-0.4, -0.2) is 17.9 Å². The van der Waals surface area contributed by atoms with Crippen LogP contribution in [0.5, 0.6) is 0 Å². The van der Waals surface area contributed by atoms with Crippen LogP contribution in [0.25, 0.3) is 0 Å². The molecule has 2 aliphatic carbocycles. The average molecular weight is 514 g/mol. The number of fused-ring (bicyclic) bond motifs is 1. The largest absolute Gasteiger partial charge is 4.00 e. The number of allylic oxidation sites excluding steroid dienone is 4. The number of hydrogen-bond donors (Lipinski definition) is 0. The summed E-state index contributed by atoms with van der Waals surface area (Å²) in [4.78, 5) is 29.7. The Kier molecular flexibility index (Phi) is 16.4. The van der Waals surface area contributed by atoms with Crippen LogP contribution in [0.15, 0.2) is 24.3 Å². The minimum absolute atomic E-state index is 0. The molecule has 2 unspecified atom stereocenters. The molecule has 0 N–H and O–H groups in total. The van der Waals surface area contributed by atoms with Crippen molar-refractivity contribution in [2.75, 3.05) is 0 Å². The molecule has 0 heterocycles. The minimum atomic E-state index is -1.01. The van der Waals surface area contributed by atoms with Gasteiger partial charge < -0.3 is 36.1 Å². The number of carboxylic acids is 3. The Bertz CT molecular complexity index is 540. The molecule has 7 heteroatoms. The zero-order chi connectivity index (χ0) is 24.3. The molecular weight excluding hydrogens is 475 g/mol. The van der Waals surface area contributed by atoms with Gasteiger partial charge in [-0.15, -0.1) is 12.0 Å². The summed E-state index contributed by atoms with van der Waals surface area (Å²) in [7, 11) is 0. The first-order chi connectivity index (χ1) is 13.3. The normalized spacial score (nSPS) is 19.0. The average Bonchev–Trinajstić information content (AvgIpc) is 3.02. The molecule has 1 saturated carbocycles. The molecule has 0 spiro atoms. The van der Waals surface area contributed by atoms with Crippen molar-refractivity contribution in [3.8, 4) is 0 Å². The number of aliphatic carboxylic acids is 3. The number of carbonyl (C=O) groups is 3. The summed E-state index contributed by atoms with van der Waals surface area (Å²) in [5.74, 6) is -1.41. The Morgan fingerprint density at radius 1 is 0.710 bits per heavy atom. The topological polar surface area (TPSA) is 120 Å². The Labute approximate surface area is 207 Å². The van der Waals surface area contributed by atoms with E-state index in [0.29, 0.717) is 0 Å². The second-order valence-corrected chi connectivity index (χ2v) is 10.4. The number of carbonyl (C=O) groups excluding carboxylic acids is 3. The van der Waals surface area contributed by atoms with Crippen LogP contribution in [-0.2, 0) is 40.6 Å². The fourth-order valence-electron chi connectivity index (χ4n) is 1.69. The summed E-state index contributed by atoms with van der Waals surface area (Å²) in [5.41, 5.74) is -2.08. The zero-order valence-corrected chi connectivity index (χ0v) is 22.9. The quantitative estimate of drug-likeness (QED) is 0.455. The second-order valence-electron chi connectivity index (χ2n) is 10.4. The summed E-state index contributed by atoms with van der Waals surface area (Å²) >= 11 is 0. The first-order valence-corrected chi connectivity index (χ1v) is 10.1. The van der Waals surface area contributed by atoms with Crippen molar-refractivity contribution in [1.82, 2.24) is 0 Å². The summed E-state index contributed by atoms with van der Waals surface area (Å²) in [6, 6.07) is 0. The number of hydrogen-bond acceptors (Lipinski definition) is 6. The minimum Gasteiger partial charge on any atom is -0.550 e. The van der Waals surface area contributed by atoms with E-state index >= 15 is 0 Å². The van der Waals surface area contributed by atoms with Crippen LogP contribution in [0.4, 0.5) is 0 Å². The van der Waals surface area contributed by atoms with Crippen molar-refractivity contribution in [2.45, 2.75) is 75.2 Å². The standard InChI is InChI=1S/C9H11.3C5H10O2.Zr/c1-2-5-9-7-3-6-8(9)4-1;3*1-5(2,3)4(6)7;/h1-2,4-6,8-9H,3,7H2;3*1-3H3,(H,6,7);/q-1;;;;+4/p-3. The maximum atomic E-state index is 9.91. The summed E-state index contributed by atoms with van der Waals surface area (Å²) in [6.07, 6.45) is 14.1. The molecular formula is C24H38O6Zr. The third kappa shape index (κ3) is 18.1. The van der Waals surface area contributed by atoms with E-state index in [1.165, 1.54) is 12.8 Å². The van der Waals surface area contributed by atoms with E-state index in [1.54, 1.807) is 62.3 Å². The van der Waals surface area contributed by atoms with Crippen LogP contribution in [0.1, 0.15) is 75.2 Å². The van der Waals surface area contributed by atoms with Crippen molar-refractivity contribution in [2.24, 2.45) is 28.1 Å². The molecule has 0 aromatic carbocycles. The van der Waals surface area contributed by atoms with Gasteiger partial charge in [0.25, 0.3) is 0 Å². The van der Waals surface area contributed by atoms with Crippen LogP contribution >= 0.6 is 0 Å². The van der Waals surface area contributed by atoms with Gasteiger partial charge >= 0.3 is 26.2 Å². The fraction of sp³-hybridized carbons (Fsp3) is 0.667. The van der Waals surface area contributed by atoms with Gasteiger partial charge in [-0.1, -0.05) is 87.0 Å². The molecule has 0 amide bonds. The van der Waals surface area contributed by atoms with E-state index < -0.39 is 34.2 Å². The summed E-state index contributed by atoms with van der Waals surface area (Å²) < 4.78 is 0. The smallest absolute Gasteiger partial charge is 0.550 e. The van der Waals surface area contributed by atoms with Crippen LogP contribution in [0.3, 0.4) is 0 Å². The number of carboxylic acid groups (broad SMARTS) is 3. The van der Waals surface area contributed by atoms with Crippen molar-refractivity contribution in [3.63, 3.8) is 0 Å². The molecule has 174 valence electrons. The van der Waals surface area contributed by atoms with Gasteiger partial charge in [-0.2, -0.15) is 6.42 Å². The molecule has 31 heavy (non-hydrogen) atoms. The second kappa shape index (κ2) is 14.8. The maximum Gasteiger partial charge on any atom is 4.00 e. The third-order valence-electron chi connectivity index (χ3n) is 4.07. The predicted molar refractivity (Wildman–Crippen MR) is 112 cm³/mol. The van der Waals surface area contributed by atoms with Crippen molar-refractivity contribution >= 4 is 17.9 Å². The van der Waals surface area contributed by atoms with E-state index in [-0.39, 0.29) is 26.2 Å². The fourth-order valence-corrected chi connectivity index (χ4v) is 1.69. The van der Waals surface area contributed by atoms with E-state index in [0.717, 1.165) is 11.8 Å². The number of rotatable bonds is 0. The Morgan fingerprint density at radius 2 is 1.00 bits per heavy atom. The molecule has 0 radical (unpaired) electrons. The van der Waals surface area contributed by atoms with Crippen molar-refractivity contribution in [1.29, 1.82) is 0 Å². The van der Waals surface area contributed by atoms with E-state index in [9.17, 15) is 29.7 Å². The molecule has 0 bridgehead atoms. The van der Waals surface area contributed by atoms with Crippen molar-refractivity contribution < 1.29 is 55.9 Å². The van der Waals surface area contributed by atoms with Gasteiger partial charge in [-0.25, -0.2) is 0 Å². The third-order valence-corrected chi connectivity index (χ3v) is 4.07. The molecule has 2 aliphatic rings. The van der Waals surface area contributed by atoms with Gasteiger partial charge in [0, 0.05) is 34.2 Å². The van der Waals surface area contributed by atoms with Gasteiger partial charge in [-0.3, -0.25) is 0 Å². The first kappa shape index (κ1) is 34.4. The zero-order valence-electron chi connectivity index (χ0n) is 20.4. The van der Waals surface area contributed by atoms with Gasteiger partial charge in [0.05, 0.1) is 0 Å². The van der Waals surface area contributed by atoms with E-state index in [2.05, 4.69) is 30.7 Å². The van der Waals surface area contributed by atoms with E-state index in [1.807, 2.05) is 0 Å². The van der Waals surface area contributed by atoms with Crippen LogP contribution < -0.4 is 15.3 Å². The summed E-state index contributed by atoms with van der Waals surface area (Å²) in [6.45, 7) is 14.4. The van der Waals surface area contributed by atoms with Gasteiger partial charge in [0.15, 0.2) is 0 Å². The molecule has 2 atom stereocenters. The first-order valence-electron chi connectivity index (χ1n) is 10.1. The predicted octanol–water partition coefficient (Wildman–Crippen LogP) is 1.69. The van der Waals surface area contributed by atoms with E-state index in [4.69, 9.17) is 0 Å². The summed E-state index contributed by atoms with van der Waals surface area (Å²) in [5, 5.41) is 29.7. The van der Waals surface area contributed by atoms with Gasteiger partial charge in [0.2, 0.25) is 0 Å². The van der Waals surface area contributed by atoms with Gasteiger partial charge in [0.1, 0.15) is 0 Å². The molecule has 6 nitrogen and oxygen atoms in total. The molecule has 2 rings (SSSR count). The van der Waals surface area contributed by atoms with Crippen molar-refractivity contribution in [3.05, 3.63) is 30.7 Å². The molecule has 0 aromatic heterocycles. The van der Waals surface area contributed by atoms with Gasteiger partial charge in [-0.05, 0) is 5.92 Å². The SMILES string of the molecule is C1=CC2[CH-]CCC2C=C1.CC(C)(C)C(=O)[O-].CC(C)(C)C(=O)[O-].CC(C)(C)C(=O)[O-].[Zr+4]. The molecule has 0 aromatic rings. The Balaban J connectivity index is -0.000000337. The monoisotopic (exact) mass is 512 g/mol. The molecule has 0 saturated heterocycles. The molecule has 0 aliphatic heterocycles. The maximum absolute atomic E-state index is 9.91. The van der Waals surface area contributed by atoms with Crippen LogP contribution in [0.2, 0.25) is 0 Å². The molecule has 1 fully saturated rings. The van der Waals surface area contributed by atoms with Crippen LogP contribution in [0, 0.1) is 34.5 Å². The Hall–Kier alpha value is -1.23.